The van der Waals surface area contributed by atoms with Gasteiger partial charge in [-0.05, 0) is 55.5 Å². The number of nitrogens with zero attached hydrogens (tertiary/aromatic N) is 1. The average Bonchev–Trinajstić information content (AvgIpc) is 3.06. The van der Waals surface area contributed by atoms with Crippen molar-refractivity contribution >= 4 is 28.4 Å². The van der Waals surface area contributed by atoms with E-state index in [1.807, 2.05) is 36.9 Å². The van der Waals surface area contributed by atoms with Gasteiger partial charge in [-0.15, -0.1) is 11.8 Å². The Morgan fingerprint density at radius 1 is 1.33 bits per heavy atom. The summed E-state index contributed by atoms with van der Waals surface area (Å²) in [5, 5.41) is 2.23. The quantitative estimate of drug-likeness (QED) is 0.670. The number of hydrogen-bond acceptors (Lipinski definition) is 4. The normalized spacial score (nSPS) is 16.1. The topological polar surface area (TPSA) is 39.2 Å². The molecule has 1 aliphatic rings. The molecule has 0 saturated carbocycles. The van der Waals surface area contributed by atoms with Gasteiger partial charge in [0.25, 0.3) is 0 Å². The molecule has 4 heteroatoms. The highest BCUT2D eigenvalue weighted by Gasteiger charge is 2.19. The van der Waals surface area contributed by atoms with Crippen LogP contribution in [-0.2, 0) is 11.2 Å². The minimum atomic E-state index is 0.0181. The number of benzene rings is 1. The number of pyridine rings is 1. The van der Waals surface area contributed by atoms with E-state index in [1.54, 1.807) is 7.11 Å². The molecule has 1 aromatic carbocycles. The molecule has 0 aliphatic carbocycles. The van der Waals surface area contributed by atoms with Crippen molar-refractivity contribution in [3.8, 4) is 0 Å². The number of methoxy groups -OCH3 is 1. The number of ketones is 1. The lowest BCUT2D eigenvalue weighted by molar-refractivity contribution is 0.0792. The predicted molar refractivity (Wildman–Crippen MR) is 100.0 cm³/mol. The summed E-state index contributed by atoms with van der Waals surface area (Å²) in [6.07, 6.45) is 4.11. The molecule has 0 fully saturated rings. The third kappa shape index (κ3) is 3.65. The van der Waals surface area contributed by atoms with Crippen molar-refractivity contribution in [2.45, 2.75) is 50.7 Å². The second kappa shape index (κ2) is 7.66. The third-order valence-corrected chi connectivity index (χ3v) is 5.94. The molecule has 3 nitrogen and oxygen atoms in total. The summed E-state index contributed by atoms with van der Waals surface area (Å²) >= 11 is 1.82. The fourth-order valence-corrected chi connectivity index (χ4v) is 4.28. The molecule has 0 N–H and O–H groups in total. The summed E-state index contributed by atoms with van der Waals surface area (Å²) in [5.74, 6) is 1.35. The maximum absolute atomic E-state index is 12.7. The highest BCUT2D eigenvalue weighted by atomic mass is 32.2. The van der Waals surface area contributed by atoms with Crippen molar-refractivity contribution in [1.29, 1.82) is 0 Å². The van der Waals surface area contributed by atoms with Crippen molar-refractivity contribution in [3.63, 3.8) is 0 Å². The van der Waals surface area contributed by atoms with Crippen LogP contribution in [0, 0.1) is 5.92 Å². The van der Waals surface area contributed by atoms with E-state index < -0.39 is 0 Å². The average molecular weight is 343 g/mol. The number of carbonyl (C=O) groups excluding carboxylic acids is 1. The maximum atomic E-state index is 12.7. The van der Waals surface area contributed by atoms with Gasteiger partial charge in [-0.2, -0.15) is 0 Å². The Morgan fingerprint density at radius 2 is 2.17 bits per heavy atom. The van der Waals surface area contributed by atoms with E-state index in [0.717, 1.165) is 52.9 Å². The van der Waals surface area contributed by atoms with Gasteiger partial charge in [0.05, 0.1) is 16.6 Å². The molecular weight excluding hydrogens is 318 g/mol. The molecule has 2 unspecified atom stereocenters. The van der Waals surface area contributed by atoms with Gasteiger partial charge in [0.2, 0.25) is 0 Å². The largest absolute Gasteiger partial charge is 0.381 e. The molecule has 24 heavy (non-hydrogen) atoms. The van der Waals surface area contributed by atoms with E-state index in [-0.39, 0.29) is 17.8 Å². The zero-order valence-electron chi connectivity index (χ0n) is 14.7. The lowest BCUT2D eigenvalue weighted by atomic mass is 9.92. The summed E-state index contributed by atoms with van der Waals surface area (Å²) in [7, 11) is 1.74. The van der Waals surface area contributed by atoms with Crippen LogP contribution in [0.4, 0.5) is 0 Å². The van der Waals surface area contributed by atoms with E-state index in [0.29, 0.717) is 0 Å². The van der Waals surface area contributed by atoms with Crippen LogP contribution in [0.2, 0.25) is 0 Å². The number of rotatable bonds is 7. The van der Waals surface area contributed by atoms with Gasteiger partial charge in [-0.25, -0.2) is 4.98 Å². The molecule has 2 aromatic rings. The molecule has 2 atom stereocenters. The van der Waals surface area contributed by atoms with Gasteiger partial charge in [0.1, 0.15) is 0 Å². The van der Waals surface area contributed by atoms with Gasteiger partial charge >= 0.3 is 0 Å². The Kier molecular flexibility index (Phi) is 5.57. The van der Waals surface area contributed by atoms with E-state index in [1.165, 1.54) is 5.56 Å². The van der Waals surface area contributed by atoms with Crippen LogP contribution in [0.15, 0.2) is 29.3 Å². The van der Waals surface area contributed by atoms with Crippen LogP contribution < -0.4 is 0 Å². The Balaban J connectivity index is 1.76. The van der Waals surface area contributed by atoms with Gasteiger partial charge in [0, 0.05) is 29.7 Å². The van der Waals surface area contributed by atoms with Crippen LogP contribution in [0.3, 0.4) is 0 Å². The van der Waals surface area contributed by atoms with Crippen LogP contribution in [-0.4, -0.2) is 29.7 Å². The molecular formula is C20H25NO2S. The number of aromatic nitrogens is 1. The monoisotopic (exact) mass is 343 g/mol. The number of hydrogen-bond donors (Lipinski definition) is 0. The van der Waals surface area contributed by atoms with E-state index in [2.05, 4.69) is 13.0 Å². The van der Waals surface area contributed by atoms with Crippen LogP contribution in [0.25, 0.3) is 10.9 Å². The number of carbonyl (C=O) groups is 1. The standard InChI is InChI=1S/C20H25NO2S/c1-4-17(23-3)7-5-13(2)19(22)14-6-8-18-16(11-14)12-15-9-10-24-20(15)21-18/h6,8,11-13,17H,4-5,7,9-10H2,1-3H3. The minimum Gasteiger partial charge on any atom is -0.381 e. The smallest absolute Gasteiger partial charge is 0.165 e. The molecule has 128 valence electrons. The SMILES string of the molecule is CCC(CCC(C)C(=O)c1ccc2nc3c(cc2c1)CCS3)OC. The van der Waals surface area contributed by atoms with Crippen molar-refractivity contribution in [3.05, 3.63) is 35.4 Å². The van der Waals surface area contributed by atoms with E-state index in [9.17, 15) is 4.79 Å². The zero-order chi connectivity index (χ0) is 17.1. The summed E-state index contributed by atoms with van der Waals surface area (Å²) in [5.41, 5.74) is 3.10. The number of ether oxygens (including phenoxy) is 1. The zero-order valence-corrected chi connectivity index (χ0v) is 15.5. The van der Waals surface area contributed by atoms with Gasteiger partial charge in [0.15, 0.2) is 5.78 Å². The first-order chi connectivity index (χ1) is 11.6. The highest BCUT2D eigenvalue weighted by Crippen LogP contribution is 2.32. The molecule has 1 aromatic heterocycles. The second-order valence-corrected chi connectivity index (χ2v) is 7.65. The highest BCUT2D eigenvalue weighted by molar-refractivity contribution is 7.99. The Labute approximate surface area is 148 Å². The molecule has 0 radical (unpaired) electrons. The van der Waals surface area contributed by atoms with Crippen LogP contribution in [0.1, 0.15) is 49.0 Å². The summed E-state index contributed by atoms with van der Waals surface area (Å²) in [6.45, 7) is 4.14. The molecule has 3 rings (SSSR count). The first kappa shape index (κ1) is 17.4. The van der Waals surface area contributed by atoms with E-state index >= 15 is 0 Å². The van der Waals surface area contributed by atoms with Crippen molar-refractivity contribution in [2.24, 2.45) is 5.92 Å². The molecule has 0 spiro atoms. The third-order valence-electron chi connectivity index (χ3n) is 4.91. The van der Waals surface area contributed by atoms with E-state index in [4.69, 9.17) is 9.72 Å². The van der Waals surface area contributed by atoms with Crippen molar-refractivity contribution in [1.82, 2.24) is 4.98 Å². The second-order valence-electron chi connectivity index (χ2n) is 6.57. The van der Waals surface area contributed by atoms with Crippen molar-refractivity contribution < 1.29 is 9.53 Å². The lowest BCUT2D eigenvalue weighted by Gasteiger charge is -2.16. The molecule has 0 saturated heterocycles. The van der Waals surface area contributed by atoms with Crippen LogP contribution in [0.5, 0.6) is 0 Å². The summed E-state index contributed by atoms with van der Waals surface area (Å²) < 4.78 is 5.41. The van der Waals surface area contributed by atoms with Gasteiger partial charge in [-0.1, -0.05) is 13.8 Å². The molecule has 0 amide bonds. The fraction of sp³-hybridized carbons (Fsp3) is 0.500. The number of fused-ring (bicyclic) bond motifs is 2. The number of thioether (sulfide) groups is 1. The van der Waals surface area contributed by atoms with Crippen molar-refractivity contribution in [2.75, 3.05) is 12.9 Å². The lowest BCUT2D eigenvalue weighted by Crippen LogP contribution is -2.16. The molecule has 1 aliphatic heterocycles. The Bertz CT molecular complexity index is 740. The summed E-state index contributed by atoms with van der Waals surface area (Å²) in [4.78, 5) is 17.5. The van der Waals surface area contributed by atoms with Crippen LogP contribution >= 0.6 is 11.8 Å². The van der Waals surface area contributed by atoms with Gasteiger partial charge < -0.3 is 4.74 Å². The first-order valence-electron chi connectivity index (χ1n) is 8.75. The molecule has 0 bridgehead atoms. The Hall–Kier alpha value is -1.39. The minimum absolute atomic E-state index is 0.0181. The predicted octanol–water partition coefficient (Wildman–Crippen LogP) is 4.91. The summed E-state index contributed by atoms with van der Waals surface area (Å²) in [6, 6.07) is 8.13. The first-order valence-corrected chi connectivity index (χ1v) is 9.74. The van der Waals surface area contributed by atoms with Gasteiger partial charge in [-0.3, -0.25) is 4.79 Å². The number of aryl methyl sites for hydroxylation is 1. The molecule has 2 heterocycles. The number of Topliss-reactive ketones (excluding diaryl/α,β-unsaturated/α-hetero) is 1. The fourth-order valence-electron chi connectivity index (χ4n) is 3.26. The maximum Gasteiger partial charge on any atom is 0.165 e. The Morgan fingerprint density at radius 3 is 2.92 bits per heavy atom.